The van der Waals surface area contributed by atoms with Gasteiger partial charge in [0.05, 0.1) is 22.8 Å². The van der Waals surface area contributed by atoms with Crippen LogP contribution < -0.4 is 4.74 Å². The van der Waals surface area contributed by atoms with Gasteiger partial charge in [-0.3, -0.25) is 0 Å². The molecule has 3 rings (SSSR count). The van der Waals surface area contributed by atoms with E-state index in [1.165, 1.54) is 5.56 Å². The molecule has 0 saturated heterocycles. The van der Waals surface area contributed by atoms with E-state index in [-0.39, 0.29) is 5.92 Å². The largest absolute Gasteiger partial charge is 0.497 e. The van der Waals surface area contributed by atoms with Crippen LogP contribution in [-0.4, -0.2) is 37.8 Å². The van der Waals surface area contributed by atoms with Crippen LogP contribution in [0.4, 0.5) is 0 Å². The summed E-state index contributed by atoms with van der Waals surface area (Å²) in [5.41, 5.74) is 1.07. The number of hydrogen-bond donors (Lipinski definition) is 1. The lowest BCUT2D eigenvalue weighted by atomic mass is 9.66. The standard InChI is InChI=1S/C23H29Cl2NO2/c1-26(2)15-18-13-17(12-16-6-4-7-19(14-16)28-3)10-11-23(18,27)20-8-5-9-21(24)22(20)25/h4-9,14,17-18,27H,10-13,15H2,1-3H3. The molecule has 0 heterocycles. The minimum absolute atomic E-state index is 0.0859. The second-order valence-electron chi connectivity index (χ2n) is 8.18. The van der Waals surface area contributed by atoms with E-state index < -0.39 is 5.60 Å². The fourth-order valence-electron chi connectivity index (χ4n) is 4.52. The van der Waals surface area contributed by atoms with Gasteiger partial charge in [0.1, 0.15) is 5.75 Å². The molecule has 0 spiro atoms. The van der Waals surface area contributed by atoms with E-state index in [9.17, 15) is 5.11 Å². The first kappa shape index (κ1) is 21.4. The summed E-state index contributed by atoms with van der Waals surface area (Å²) in [7, 11) is 5.79. The van der Waals surface area contributed by atoms with Crippen molar-refractivity contribution in [2.24, 2.45) is 11.8 Å². The lowest BCUT2D eigenvalue weighted by Crippen LogP contribution is -2.45. The third-order valence-corrected chi connectivity index (χ3v) is 6.71. The van der Waals surface area contributed by atoms with E-state index in [2.05, 4.69) is 17.0 Å². The fraction of sp³-hybridized carbons (Fsp3) is 0.478. The Hall–Kier alpha value is -1.26. The van der Waals surface area contributed by atoms with Crippen LogP contribution in [0.2, 0.25) is 10.0 Å². The summed E-state index contributed by atoms with van der Waals surface area (Å²) in [5.74, 6) is 1.48. The lowest BCUT2D eigenvalue weighted by molar-refractivity contribution is -0.0751. The Morgan fingerprint density at radius 3 is 2.64 bits per heavy atom. The zero-order chi connectivity index (χ0) is 20.3. The molecular formula is C23H29Cl2NO2. The SMILES string of the molecule is COc1cccc(CC2CCC(O)(c3cccc(Cl)c3Cl)C(CN(C)C)C2)c1. The van der Waals surface area contributed by atoms with Crippen LogP contribution in [0.1, 0.15) is 30.4 Å². The molecule has 2 aromatic carbocycles. The van der Waals surface area contributed by atoms with Crippen LogP contribution in [0.3, 0.4) is 0 Å². The summed E-state index contributed by atoms with van der Waals surface area (Å²) in [6.07, 6.45) is 3.55. The van der Waals surface area contributed by atoms with E-state index in [1.54, 1.807) is 13.2 Å². The molecule has 0 amide bonds. The smallest absolute Gasteiger partial charge is 0.119 e. The first-order chi connectivity index (χ1) is 13.3. The summed E-state index contributed by atoms with van der Waals surface area (Å²) in [6.45, 7) is 0.800. The van der Waals surface area contributed by atoms with Gasteiger partial charge >= 0.3 is 0 Å². The van der Waals surface area contributed by atoms with Gasteiger partial charge in [-0.05, 0) is 69.5 Å². The summed E-state index contributed by atoms with van der Waals surface area (Å²) >= 11 is 12.7. The monoisotopic (exact) mass is 421 g/mol. The topological polar surface area (TPSA) is 32.7 Å². The Balaban J connectivity index is 1.84. The average molecular weight is 422 g/mol. The molecule has 0 radical (unpaired) electrons. The van der Waals surface area contributed by atoms with Crippen molar-refractivity contribution >= 4 is 23.2 Å². The number of methoxy groups -OCH3 is 1. The van der Waals surface area contributed by atoms with E-state index in [1.807, 2.05) is 38.4 Å². The van der Waals surface area contributed by atoms with Crippen molar-refractivity contribution in [3.63, 3.8) is 0 Å². The fourth-order valence-corrected chi connectivity index (χ4v) is 4.98. The number of halogens is 2. The minimum atomic E-state index is -0.961. The molecule has 1 fully saturated rings. The van der Waals surface area contributed by atoms with Gasteiger partial charge in [0.15, 0.2) is 0 Å². The normalized spacial score (nSPS) is 25.1. The van der Waals surface area contributed by atoms with Gasteiger partial charge in [0.2, 0.25) is 0 Å². The average Bonchev–Trinajstić information content (AvgIpc) is 2.66. The summed E-state index contributed by atoms with van der Waals surface area (Å²) < 4.78 is 5.36. The predicted octanol–water partition coefficient (Wildman–Crippen LogP) is 5.41. The molecule has 0 aromatic heterocycles. The van der Waals surface area contributed by atoms with E-state index in [4.69, 9.17) is 27.9 Å². The molecule has 28 heavy (non-hydrogen) atoms. The van der Waals surface area contributed by atoms with Crippen LogP contribution in [0.5, 0.6) is 5.75 Å². The molecule has 1 saturated carbocycles. The van der Waals surface area contributed by atoms with Gasteiger partial charge in [-0.2, -0.15) is 0 Å². The molecule has 5 heteroatoms. The Bertz CT molecular complexity index is 811. The van der Waals surface area contributed by atoms with Crippen molar-refractivity contribution in [1.29, 1.82) is 0 Å². The quantitative estimate of drug-likeness (QED) is 0.676. The predicted molar refractivity (Wildman–Crippen MR) is 116 cm³/mol. The highest BCUT2D eigenvalue weighted by Crippen LogP contribution is 2.48. The van der Waals surface area contributed by atoms with E-state index in [0.717, 1.165) is 37.1 Å². The number of rotatable bonds is 6. The molecule has 1 N–H and O–H groups in total. The molecule has 1 aliphatic carbocycles. The Kier molecular flexibility index (Phi) is 6.93. The molecule has 0 bridgehead atoms. The molecule has 1 aliphatic rings. The van der Waals surface area contributed by atoms with Crippen LogP contribution >= 0.6 is 23.2 Å². The molecule has 152 valence electrons. The van der Waals surface area contributed by atoms with E-state index in [0.29, 0.717) is 22.4 Å². The second-order valence-corrected chi connectivity index (χ2v) is 8.97. The second kappa shape index (κ2) is 9.04. The third kappa shape index (κ3) is 4.65. The van der Waals surface area contributed by atoms with Gasteiger partial charge in [0.25, 0.3) is 0 Å². The summed E-state index contributed by atoms with van der Waals surface area (Å²) in [4.78, 5) is 2.14. The number of ether oxygens (including phenoxy) is 1. The van der Waals surface area contributed by atoms with Gasteiger partial charge in [-0.15, -0.1) is 0 Å². The van der Waals surface area contributed by atoms with Gasteiger partial charge < -0.3 is 14.7 Å². The van der Waals surface area contributed by atoms with Crippen LogP contribution in [0.25, 0.3) is 0 Å². The van der Waals surface area contributed by atoms with Crippen LogP contribution in [0, 0.1) is 11.8 Å². The third-order valence-electron chi connectivity index (χ3n) is 5.89. The zero-order valence-corrected chi connectivity index (χ0v) is 18.3. The maximum Gasteiger partial charge on any atom is 0.119 e. The van der Waals surface area contributed by atoms with Gasteiger partial charge in [-0.25, -0.2) is 0 Å². The minimum Gasteiger partial charge on any atom is -0.497 e. The van der Waals surface area contributed by atoms with Crippen molar-refractivity contribution in [2.75, 3.05) is 27.7 Å². The van der Waals surface area contributed by atoms with Crippen molar-refractivity contribution in [3.8, 4) is 5.75 Å². The Morgan fingerprint density at radius 2 is 1.93 bits per heavy atom. The number of aliphatic hydroxyl groups is 1. The molecular weight excluding hydrogens is 393 g/mol. The van der Waals surface area contributed by atoms with Crippen LogP contribution in [0.15, 0.2) is 42.5 Å². The molecule has 2 aromatic rings. The van der Waals surface area contributed by atoms with Crippen molar-refractivity contribution < 1.29 is 9.84 Å². The lowest BCUT2D eigenvalue weighted by Gasteiger charge is -2.45. The Morgan fingerprint density at radius 1 is 1.18 bits per heavy atom. The van der Waals surface area contributed by atoms with Crippen molar-refractivity contribution in [3.05, 3.63) is 63.6 Å². The molecule has 0 aliphatic heterocycles. The first-order valence-electron chi connectivity index (χ1n) is 9.78. The Labute approximate surface area is 178 Å². The molecule has 3 unspecified atom stereocenters. The highest BCUT2D eigenvalue weighted by atomic mass is 35.5. The molecule has 3 atom stereocenters. The maximum atomic E-state index is 11.7. The van der Waals surface area contributed by atoms with Gasteiger partial charge in [0, 0.05) is 18.0 Å². The van der Waals surface area contributed by atoms with Gasteiger partial charge in [-0.1, -0.05) is 47.5 Å². The van der Waals surface area contributed by atoms with Crippen LogP contribution in [-0.2, 0) is 12.0 Å². The first-order valence-corrected chi connectivity index (χ1v) is 10.5. The summed E-state index contributed by atoms with van der Waals surface area (Å²) in [5, 5.41) is 12.7. The zero-order valence-electron chi connectivity index (χ0n) is 16.8. The maximum absolute atomic E-state index is 11.7. The van der Waals surface area contributed by atoms with Crippen molar-refractivity contribution in [2.45, 2.75) is 31.3 Å². The number of nitrogens with zero attached hydrogens (tertiary/aromatic N) is 1. The summed E-state index contributed by atoms with van der Waals surface area (Å²) in [6, 6.07) is 13.8. The number of hydrogen-bond acceptors (Lipinski definition) is 3. The highest BCUT2D eigenvalue weighted by Gasteiger charge is 2.44. The van der Waals surface area contributed by atoms with E-state index >= 15 is 0 Å². The number of benzene rings is 2. The highest BCUT2D eigenvalue weighted by molar-refractivity contribution is 6.42. The molecule has 3 nitrogen and oxygen atoms in total. The van der Waals surface area contributed by atoms with Crippen molar-refractivity contribution in [1.82, 2.24) is 4.90 Å².